The van der Waals surface area contributed by atoms with Crippen molar-refractivity contribution in [1.82, 2.24) is 0 Å². The zero-order valence-electron chi connectivity index (χ0n) is 8.29. The number of ether oxygens (including phenoxy) is 1. The molecule has 0 aliphatic carbocycles. The minimum Gasteiger partial charge on any atom is -0.489 e. The first-order valence-electron chi connectivity index (χ1n) is 4.46. The summed E-state index contributed by atoms with van der Waals surface area (Å²) in [6.45, 7) is 1.82. The van der Waals surface area contributed by atoms with Crippen molar-refractivity contribution in [2.45, 2.75) is 12.6 Å². The van der Waals surface area contributed by atoms with Gasteiger partial charge < -0.3 is 4.74 Å². The lowest BCUT2D eigenvalue weighted by atomic mass is 10.2. The van der Waals surface area contributed by atoms with Gasteiger partial charge in [0, 0.05) is 5.56 Å². The summed E-state index contributed by atoms with van der Waals surface area (Å²) in [6.07, 6.45) is 0.747. The molecule has 1 aromatic carbocycles. The van der Waals surface area contributed by atoms with Crippen molar-refractivity contribution < 1.29 is 19.0 Å². The van der Waals surface area contributed by atoms with Gasteiger partial charge in [-0.2, -0.15) is 4.89 Å². The molecule has 5 heteroatoms. The smallest absolute Gasteiger partial charge is 0.489 e. The van der Waals surface area contributed by atoms with Crippen LogP contribution in [0.1, 0.15) is 17.3 Å². The molecule has 1 rings (SSSR count). The van der Waals surface area contributed by atoms with E-state index in [9.17, 15) is 9.36 Å². The van der Waals surface area contributed by atoms with Gasteiger partial charge in [-0.15, -0.1) is 0 Å². The van der Waals surface area contributed by atoms with Crippen LogP contribution in [-0.2, 0) is 4.57 Å². The van der Waals surface area contributed by atoms with Crippen LogP contribution in [0.5, 0.6) is 5.75 Å². The Hall–Kier alpha value is -1.25. The summed E-state index contributed by atoms with van der Waals surface area (Å²) in [6, 6.07) is 6.57. The van der Waals surface area contributed by atoms with E-state index in [0.717, 1.165) is 6.29 Å². The summed E-state index contributed by atoms with van der Waals surface area (Å²) in [7, 11) is -2.20. The van der Waals surface area contributed by atoms with Gasteiger partial charge in [-0.1, -0.05) is 0 Å². The van der Waals surface area contributed by atoms with Gasteiger partial charge in [0.15, 0.2) is 0 Å². The Bertz CT molecular complexity index is 347. The van der Waals surface area contributed by atoms with E-state index in [1.807, 2.05) is 0 Å². The van der Waals surface area contributed by atoms with Gasteiger partial charge in [-0.25, -0.2) is 0 Å². The van der Waals surface area contributed by atoms with E-state index < -0.39 is 13.7 Å². The third kappa shape index (κ3) is 3.78. The molecule has 2 unspecified atom stereocenters. The standard InChI is InChI=1S/C10H11O4P/c1-8(15(12)13)7-14-10-4-2-9(6-11)3-5-10/h2-6,8H,7H2,1H3/p+1. The first-order valence-corrected chi connectivity index (χ1v) is 5.75. The molecule has 0 saturated carbocycles. The van der Waals surface area contributed by atoms with Crippen molar-refractivity contribution in [1.29, 1.82) is 0 Å². The van der Waals surface area contributed by atoms with E-state index >= 15 is 0 Å². The molecular weight excluding hydrogens is 215 g/mol. The second-order valence-corrected chi connectivity index (χ2v) is 4.64. The molecule has 2 atom stereocenters. The topological polar surface area (TPSA) is 63.6 Å². The van der Waals surface area contributed by atoms with Crippen molar-refractivity contribution in [3.63, 3.8) is 0 Å². The van der Waals surface area contributed by atoms with Crippen molar-refractivity contribution in [2.24, 2.45) is 0 Å². The third-order valence-electron chi connectivity index (χ3n) is 1.88. The Kier molecular flexibility index (Phi) is 4.40. The van der Waals surface area contributed by atoms with E-state index in [1.54, 1.807) is 31.2 Å². The Balaban J connectivity index is 2.51. The molecule has 0 fully saturated rings. The summed E-state index contributed by atoms with van der Waals surface area (Å²) in [5.41, 5.74) is 0.175. The van der Waals surface area contributed by atoms with Crippen LogP contribution in [0.15, 0.2) is 24.3 Å². The number of benzene rings is 1. The van der Waals surface area contributed by atoms with Crippen LogP contribution in [0.3, 0.4) is 0 Å². The molecule has 0 saturated heterocycles. The van der Waals surface area contributed by atoms with Gasteiger partial charge in [-0.3, -0.25) is 4.79 Å². The number of carbonyl (C=O) groups is 1. The summed E-state index contributed by atoms with van der Waals surface area (Å²) < 4.78 is 15.9. The molecule has 80 valence electrons. The van der Waals surface area contributed by atoms with Crippen LogP contribution in [0.2, 0.25) is 0 Å². The summed E-state index contributed by atoms with van der Waals surface area (Å²) in [4.78, 5) is 19.1. The first kappa shape index (κ1) is 11.8. The minimum atomic E-state index is -2.20. The Morgan fingerprint density at radius 2 is 2.07 bits per heavy atom. The fourth-order valence-electron chi connectivity index (χ4n) is 0.923. The molecule has 15 heavy (non-hydrogen) atoms. The summed E-state index contributed by atoms with van der Waals surface area (Å²) >= 11 is 0. The van der Waals surface area contributed by atoms with Gasteiger partial charge in [-0.05, 0) is 35.8 Å². The molecule has 0 aliphatic rings. The highest BCUT2D eigenvalue weighted by atomic mass is 31.1. The number of carbonyl (C=O) groups excluding carboxylic acids is 1. The van der Waals surface area contributed by atoms with Crippen LogP contribution < -0.4 is 4.74 Å². The molecule has 0 heterocycles. The SMILES string of the molecule is CC(COc1ccc(C=O)cc1)[P+](=O)O. The average molecular weight is 227 g/mol. The van der Waals surface area contributed by atoms with E-state index in [2.05, 4.69) is 0 Å². The van der Waals surface area contributed by atoms with Gasteiger partial charge >= 0.3 is 8.03 Å². The molecular formula is C10H12O4P+. The van der Waals surface area contributed by atoms with E-state index in [4.69, 9.17) is 9.63 Å². The average Bonchev–Trinajstić information content (AvgIpc) is 2.26. The largest absolute Gasteiger partial charge is 0.512 e. The van der Waals surface area contributed by atoms with E-state index in [-0.39, 0.29) is 6.61 Å². The van der Waals surface area contributed by atoms with E-state index in [1.165, 1.54) is 0 Å². The molecule has 0 aliphatic heterocycles. The minimum absolute atomic E-state index is 0.187. The molecule has 0 bridgehead atoms. The number of hydrogen-bond donors (Lipinski definition) is 1. The van der Waals surface area contributed by atoms with Crippen molar-refractivity contribution in [2.75, 3.05) is 6.61 Å². The predicted octanol–water partition coefficient (Wildman–Crippen LogP) is 2.00. The monoisotopic (exact) mass is 227 g/mol. The highest BCUT2D eigenvalue weighted by Gasteiger charge is 2.23. The number of rotatable bonds is 5. The van der Waals surface area contributed by atoms with Crippen molar-refractivity contribution in [3.05, 3.63) is 29.8 Å². The first-order chi connectivity index (χ1) is 7.13. The molecule has 0 aromatic heterocycles. The zero-order chi connectivity index (χ0) is 11.3. The molecule has 4 nitrogen and oxygen atoms in total. The second-order valence-electron chi connectivity index (χ2n) is 3.15. The third-order valence-corrected chi connectivity index (χ3v) is 2.79. The highest BCUT2D eigenvalue weighted by Crippen LogP contribution is 2.22. The normalized spacial score (nSPS) is 13.1. The van der Waals surface area contributed by atoms with Crippen LogP contribution in [-0.4, -0.2) is 23.4 Å². The van der Waals surface area contributed by atoms with Gasteiger partial charge in [0.05, 0.1) is 0 Å². The lowest BCUT2D eigenvalue weighted by Gasteiger charge is -2.04. The lowest BCUT2D eigenvalue weighted by molar-refractivity contribution is 0.112. The quantitative estimate of drug-likeness (QED) is 0.617. The van der Waals surface area contributed by atoms with Gasteiger partial charge in [0.1, 0.15) is 18.6 Å². The van der Waals surface area contributed by atoms with Crippen molar-refractivity contribution >= 4 is 14.3 Å². The highest BCUT2D eigenvalue weighted by molar-refractivity contribution is 7.38. The van der Waals surface area contributed by atoms with Gasteiger partial charge in [0.25, 0.3) is 0 Å². The maximum absolute atomic E-state index is 10.6. The lowest BCUT2D eigenvalue weighted by Crippen LogP contribution is -2.09. The Morgan fingerprint density at radius 3 is 2.53 bits per heavy atom. The Labute approximate surface area is 88.8 Å². The van der Waals surface area contributed by atoms with Crippen LogP contribution >= 0.6 is 8.03 Å². The predicted molar refractivity (Wildman–Crippen MR) is 56.6 cm³/mol. The molecule has 1 N–H and O–H groups in total. The Morgan fingerprint density at radius 1 is 1.47 bits per heavy atom. The second kappa shape index (κ2) is 5.59. The maximum atomic E-state index is 10.6. The molecule has 1 aromatic rings. The van der Waals surface area contributed by atoms with Crippen molar-refractivity contribution in [3.8, 4) is 5.75 Å². The summed E-state index contributed by atoms with van der Waals surface area (Å²) in [5.74, 6) is 0.587. The fraction of sp³-hybridized carbons (Fsp3) is 0.300. The number of hydrogen-bond acceptors (Lipinski definition) is 3. The number of aldehydes is 1. The van der Waals surface area contributed by atoms with Crippen LogP contribution in [0.4, 0.5) is 0 Å². The van der Waals surface area contributed by atoms with Crippen LogP contribution in [0, 0.1) is 0 Å². The van der Waals surface area contributed by atoms with Gasteiger partial charge in [0.2, 0.25) is 5.66 Å². The maximum Gasteiger partial charge on any atom is 0.512 e. The fourth-order valence-corrected chi connectivity index (χ4v) is 1.13. The molecule has 0 spiro atoms. The molecule has 0 amide bonds. The molecule has 0 radical (unpaired) electrons. The zero-order valence-corrected chi connectivity index (χ0v) is 9.18. The van der Waals surface area contributed by atoms with E-state index in [0.29, 0.717) is 11.3 Å². The van der Waals surface area contributed by atoms with Crippen LogP contribution in [0.25, 0.3) is 0 Å². The summed E-state index contributed by atoms with van der Waals surface area (Å²) in [5, 5.41) is 0.